The lowest BCUT2D eigenvalue weighted by atomic mass is 9.88. The van der Waals surface area contributed by atoms with Gasteiger partial charge in [-0.1, -0.05) is 44.2 Å². The minimum atomic E-state index is 0.593. The van der Waals surface area contributed by atoms with Crippen molar-refractivity contribution in [2.24, 2.45) is 5.92 Å². The second-order valence-corrected chi connectivity index (χ2v) is 5.94. The minimum Gasteiger partial charge on any atom is -0.313 e. The third-order valence-corrected chi connectivity index (χ3v) is 3.97. The van der Waals surface area contributed by atoms with Crippen molar-refractivity contribution < 1.29 is 0 Å². The van der Waals surface area contributed by atoms with Crippen LogP contribution in [0.4, 0.5) is 0 Å². The number of rotatable bonds is 7. The van der Waals surface area contributed by atoms with Crippen molar-refractivity contribution in [3.8, 4) is 0 Å². The quantitative estimate of drug-likeness (QED) is 0.792. The molecule has 0 amide bonds. The first-order chi connectivity index (χ1) is 8.15. The van der Waals surface area contributed by atoms with Crippen molar-refractivity contribution in [2.45, 2.75) is 32.7 Å². The normalized spacial score (nSPS) is 14.9. The van der Waals surface area contributed by atoms with Crippen LogP contribution in [0.3, 0.4) is 0 Å². The van der Waals surface area contributed by atoms with Crippen molar-refractivity contribution in [1.82, 2.24) is 5.32 Å². The minimum absolute atomic E-state index is 0.593. The molecule has 0 saturated heterocycles. The molecular weight excluding hydrogens is 226 g/mol. The highest BCUT2D eigenvalue weighted by Crippen LogP contribution is 2.23. The molecule has 0 spiro atoms. The van der Waals surface area contributed by atoms with Gasteiger partial charge in [-0.15, -0.1) is 0 Å². The summed E-state index contributed by atoms with van der Waals surface area (Å²) in [6, 6.07) is 11.4. The number of benzene rings is 1. The van der Waals surface area contributed by atoms with Crippen LogP contribution in [0.25, 0.3) is 0 Å². The summed E-state index contributed by atoms with van der Waals surface area (Å²) in [5, 5.41) is 3.64. The van der Waals surface area contributed by atoms with Crippen molar-refractivity contribution in [3.05, 3.63) is 35.9 Å². The fourth-order valence-electron chi connectivity index (χ4n) is 2.08. The monoisotopic (exact) mass is 251 g/mol. The fraction of sp³-hybridized carbons (Fsp3) is 0.600. The van der Waals surface area contributed by atoms with E-state index in [1.165, 1.54) is 11.3 Å². The molecule has 1 nitrogen and oxygen atoms in total. The second kappa shape index (κ2) is 7.78. The Hall–Kier alpha value is -0.470. The van der Waals surface area contributed by atoms with Gasteiger partial charge in [0.25, 0.3) is 0 Å². The average Bonchev–Trinajstić information content (AvgIpc) is 2.30. The molecule has 17 heavy (non-hydrogen) atoms. The van der Waals surface area contributed by atoms with Crippen LogP contribution in [-0.2, 0) is 0 Å². The summed E-state index contributed by atoms with van der Waals surface area (Å²) in [4.78, 5) is 0. The standard InChI is InChI=1S/C15H25NS/c1-12(2)15(10-16-13(3)11-17-4)14-8-6-5-7-9-14/h5-9,12-13,15-16H,10-11H2,1-4H3. The van der Waals surface area contributed by atoms with Crippen molar-refractivity contribution >= 4 is 11.8 Å². The first-order valence-electron chi connectivity index (χ1n) is 6.42. The zero-order chi connectivity index (χ0) is 12.7. The maximum absolute atomic E-state index is 3.64. The Bertz CT molecular complexity index is 297. The van der Waals surface area contributed by atoms with Gasteiger partial charge in [0, 0.05) is 18.3 Å². The molecule has 2 atom stereocenters. The SMILES string of the molecule is CSCC(C)NCC(c1ccccc1)C(C)C. The van der Waals surface area contributed by atoms with E-state index in [0.29, 0.717) is 17.9 Å². The molecule has 0 fully saturated rings. The third-order valence-electron chi connectivity index (χ3n) is 3.14. The van der Waals surface area contributed by atoms with Crippen LogP contribution in [0.15, 0.2) is 30.3 Å². The summed E-state index contributed by atoms with van der Waals surface area (Å²) in [7, 11) is 0. The van der Waals surface area contributed by atoms with E-state index < -0.39 is 0 Å². The lowest BCUT2D eigenvalue weighted by molar-refractivity contribution is 0.443. The van der Waals surface area contributed by atoms with Gasteiger partial charge in [-0.3, -0.25) is 0 Å². The van der Waals surface area contributed by atoms with Crippen LogP contribution in [-0.4, -0.2) is 24.6 Å². The molecular formula is C15H25NS. The molecule has 0 saturated carbocycles. The van der Waals surface area contributed by atoms with Crippen molar-refractivity contribution in [1.29, 1.82) is 0 Å². The first-order valence-corrected chi connectivity index (χ1v) is 7.81. The van der Waals surface area contributed by atoms with E-state index in [0.717, 1.165) is 6.54 Å². The van der Waals surface area contributed by atoms with Gasteiger partial charge in [-0.2, -0.15) is 11.8 Å². The number of nitrogens with one attached hydrogen (secondary N) is 1. The van der Waals surface area contributed by atoms with Crippen LogP contribution in [0.2, 0.25) is 0 Å². The number of hydrogen-bond acceptors (Lipinski definition) is 2. The van der Waals surface area contributed by atoms with E-state index in [4.69, 9.17) is 0 Å². The van der Waals surface area contributed by atoms with Gasteiger partial charge >= 0.3 is 0 Å². The molecule has 0 aromatic heterocycles. The highest BCUT2D eigenvalue weighted by atomic mass is 32.2. The Morgan fingerprint density at radius 3 is 2.29 bits per heavy atom. The van der Waals surface area contributed by atoms with E-state index in [1.54, 1.807) is 0 Å². The predicted octanol–water partition coefficient (Wildman–Crippen LogP) is 3.77. The Kier molecular flexibility index (Phi) is 6.68. The zero-order valence-corrected chi connectivity index (χ0v) is 12.3. The number of hydrogen-bond donors (Lipinski definition) is 1. The molecule has 1 rings (SSSR count). The van der Waals surface area contributed by atoms with Crippen LogP contribution in [0.5, 0.6) is 0 Å². The molecule has 0 aliphatic carbocycles. The summed E-state index contributed by atoms with van der Waals surface area (Å²) < 4.78 is 0. The summed E-state index contributed by atoms with van der Waals surface area (Å²) in [5.41, 5.74) is 1.45. The average molecular weight is 251 g/mol. The molecule has 2 unspecified atom stereocenters. The Labute approximate surface area is 110 Å². The van der Waals surface area contributed by atoms with E-state index >= 15 is 0 Å². The maximum Gasteiger partial charge on any atom is 0.0130 e. The largest absolute Gasteiger partial charge is 0.313 e. The highest BCUT2D eigenvalue weighted by molar-refractivity contribution is 7.98. The van der Waals surface area contributed by atoms with E-state index in [1.807, 2.05) is 11.8 Å². The fourth-order valence-corrected chi connectivity index (χ4v) is 2.69. The molecule has 0 bridgehead atoms. The smallest absolute Gasteiger partial charge is 0.0130 e. The lowest BCUT2D eigenvalue weighted by Gasteiger charge is -2.24. The number of thioether (sulfide) groups is 1. The maximum atomic E-state index is 3.64. The van der Waals surface area contributed by atoms with Gasteiger partial charge in [-0.25, -0.2) is 0 Å². The topological polar surface area (TPSA) is 12.0 Å². The van der Waals surface area contributed by atoms with Crippen LogP contribution in [0, 0.1) is 5.92 Å². The zero-order valence-electron chi connectivity index (χ0n) is 11.4. The van der Waals surface area contributed by atoms with E-state index in [-0.39, 0.29) is 0 Å². The van der Waals surface area contributed by atoms with Gasteiger partial charge in [0.15, 0.2) is 0 Å². The molecule has 2 heteroatoms. The van der Waals surface area contributed by atoms with Gasteiger partial charge in [0.1, 0.15) is 0 Å². The first kappa shape index (κ1) is 14.6. The molecule has 1 aromatic carbocycles. The summed E-state index contributed by atoms with van der Waals surface area (Å²) in [6.45, 7) is 7.94. The lowest BCUT2D eigenvalue weighted by Crippen LogP contribution is -2.33. The second-order valence-electron chi connectivity index (χ2n) is 5.03. The molecule has 0 heterocycles. The molecule has 1 N–H and O–H groups in total. The predicted molar refractivity (Wildman–Crippen MR) is 79.9 cm³/mol. The van der Waals surface area contributed by atoms with E-state index in [2.05, 4.69) is 62.7 Å². The van der Waals surface area contributed by atoms with Gasteiger partial charge < -0.3 is 5.32 Å². The Balaban J connectivity index is 2.56. The highest BCUT2D eigenvalue weighted by Gasteiger charge is 2.16. The summed E-state index contributed by atoms with van der Waals surface area (Å²) >= 11 is 1.90. The molecule has 96 valence electrons. The van der Waals surface area contributed by atoms with Gasteiger partial charge in [0.05, 0.1) is 0 Å². The van der Waals surface area contributed by atoms with E-state index in [9.17, 15) is 0 Å². The molecule has 0 aliphatic heterocycles. The summed E-state index contributed by atoms with van der Waals surface area (Å²) in [6.07, 6.45) is 2.16. The molecule has 0 aliphatic rings. The molecule has 1 aromatic rings. The third kappa shape index (κ3) is 5.13. The van der Waals surface area contributed by atoms with Crippen LogP contribution >= 0.6 is 11.8 Å². The van der Waals surface area contributed by atoms with Crippen molar-refractivity contribution in [2.75, 3.05) is 18.6 Å². The van der Waals surface area contributed by atoms with Crippen LogP contribution < -0.4 is 5.32 Å². The molecule has 0 radical (unpaired) electrons. The summed E-state index contributed by atoms with van der Waals surface area (Å²) in [5.74, 6) is 2.46. The van der Waals surface area contributed by atoms with Crippen LogP contribution in [0.1, 0.15) is 32.3 Å². The Morgan fingerprint density at radius 2 is 1.76 bits per heavy atom. The Morgan fingerprint density at radius 1 is 1.12 bits per heavy atom. The van der Waals surface area contributed by atoms with Crippen molar-refractivity contribution in [3.63, 3.8) is 0 Å². The van der Waals surface area contributed by atoms with Gasteiger partial charge in [0.2, 0.25) is 0 Å². The van der Waals surface area contributed by atoms with Gasteiger partial charge in [-0.05, 0) is 30.6 Å².